The van der Waals surface area contributed by atoms with E-state index in [2.05, 4.69) is 25.3 Å². The van der Waals surface area contributed by atoms with Crippen molar-refractivity contribution < 1.29 is 14.4 Å². The number of nitrogens with one attached hydrogen (secondary N) is 4. The maximum absolute atomic E-state index is 13.2. The van der Waals surface area contributed by atoms with Crippen LogP contribution in [0.1, 0.15) is 54.4 Å². The summed E-state index contributed by atoms with van der Waals surface area (Å²) in [5.74, 6) is -2.23. The maximum atomic E-state index is 13.2. The van der Waals surface area contributed by atoms with Crippen molar-refractivity contribution >= 4 is 17.7 Å². The Morgan fingerprint density at radius 3 is 2.65 bits per heavy atom. The molecular formula is C19H25N7O5. The normalized spacial score (nSPS) is 17.0. The molecule has 1 fully saturated rings. The molecule has 0 bridgehead atoms. The Balaban J connectivity index is 1.93. The van der Waals surface area contributed by atoms with Crippen molar-refractivity contribution in [1.82, 2.24) is 30.2 Å². The van der Waals surface area contributed by atoms with E-state index in [1.165, 1.54) is 17.4 Å². The number of nitrogens with two attached hydrogens (primary N) is 1. The minimum absolute atomic E-state index is 0.0665. The van der Waals surface area contributed by atoms with Crippen molar-refractivity contribution in [2.75, 3.05) is 6.54 Å². The molecule has 2 atom stereocenters. The highest BCUT2D eigenvalue weighted by molar-refractivity contribution is 5.98. The zero-order valence-corrected chi connectivity index (χ0v) is 17.2. The van der Waals surface area contributed by atoms with E-state index in [1.54, 1.807) is 13.8 Å². The summed E-state index contributed by atoms with van der Waals surface area (Å²) in [4.78, 5) is 74.6. The third kappa shape index (κ3) is 4.73. The SMILES string of the molecule is CC(C)c1c(C(=O)N[C@@H](Cc2cnc[nH]2)C(=O)N2CCC[C@H]2C(N)=O)[nH]c(=O)[nH]c1=O. The number of carbonyl (C=O) groups excluding carboxylic acids is 3. The summed E-state index contributed by atoms with van der Waals surface area (Å²) in [7, 11) is 0. The number of amides is 3. The fraction of sp³-hybridized carbons (Fsp3) is 0.474. The molecule has 6 N–H and O–H groups in total. The number of primary amides is 1. The van der Waals surface area contributed by atoms with Gasteiger partial charge in [-0.3, -0.25) is 24.2 Å². The number of aromatic nitrogens is 4. The van der Waals surface area contributed by atoms with Gasteiger partial charge in [-0.15, -0.1) is 0 Å². The topological polar surface area (TPSA) is 187 Å². The number of likely N-dealkylation sites (tertiary alicyclic amines) is 1. The standard InChI is InChI=1S/C19H25N7O5/c1-9(2)13-14(24-19(31)25-16(13)28)17(29)23-11(6-10-7-21-8-22-10)18(30)26-5-3-4-12(26)15(20)27/h7-9,11-12H,3-6H2,1-2H3,(H2,20,27)(H,21,22)(H,23,29)(H2,24,25,28,31)/t11-,12-/m0/s1. The molecule has 3 amide bonds. The molecule has 3 rings (SSSR count). The second kappa shape index (κ2) is 8.98. The van der Waals surface area contributed by atoms with Gasteiger partial charge in [0.25, 0.3) is 11.5 Å². The number of imidazole rings is 1. The molecule has 3 heterocycles. The minimum Gasteiger partial charge on any atom is -0.368 e. The van der Waals surface area contributed by atoms with Crippen LogP contribution >= 0.6 is 0 Å². The fourth-order valence-corrected chi connectivity index (χ4v) is 3.80. The van der Waals surface area contributed by atoms with Crippen molar-refractivity contribution in [3.8, 4) is 0 Å². The first-order chi connectivity index (χ1) is 14.7. The van der Waals surface area contributed by atoms with Gasteiger partial charge in [-0.25, -0.2) is 9.78 Å². The number of hydrogen-bond donors (Lipinski definition) is 5. The molecule has 0 unspecified atom stereocenters. The van der Waals surface area contributed by atoms with Gasteiger partial charge in [0.05, 0.1) is 6.33 Å². The van der Waals surface area contributed by atoms with E-state index in [-0.39, 0.29) is 23.6 Å². The molecule has 1 saturated heterocycles. The van der Waals surface area contributed by atoms with Gasteiger partial charge in [-0.05, 0) is 18.8 Å². The minimum atomic E-state index is -1.07. The number of carbonyl (C=O) groups is 3. The Morgan fingerprint density at radius 1 is 1.29 bits per heavy atom. The molecule has 12 heteroatoms. The zero-order valence-electron chi connectivity index (χ0n) is 17.2. The van der Waals surface area contributed by atoms with E-state index < -0.39 is 41.1 Å². The van der Waals surface area contributed by atoms with Gasteiger partial charge in [-0.1, -0.05) is 13.8 Å². The Kier molecular flexibility index (Phi) is 6.37. The lowest BCUT2D eigenvalue weighted by Crippen LogP contribution is -2.54. The lowest BCUT2D eigenvalue weighted by atomic mass is 10.0. The molecule has 31 heavy (non-hydrogen) atoms. The van der Waals surface area contributed by atoms with Crippen molar-refractivity contribution in [3.05, 3.63) is 50.3 Å². The largest absolute Gasteiger partial charge is 0.368 e. The van der Waals surface area contributed by atoms with Gasteiger partial charge in [0.2, 0.25) is 11.8 Å². The van der Waals surface area contributed by atoms with Gasteiger partial charge >= 0.3 is 5.69 Å². The molecule has 1 aliphatic heterocycles. The van der Waals surface area contributed by atoms with Crippen LogP contribution in [0.5, 0.6) is 0 Å². The van der Waals surface area contributed by atoms with Crippen LogP contribution in [0.2, 0.25) is 0 Å². The van der Waals surface area contributed by atoms with Crippen LogP contribution in [0.4, 0.5) is 0 Å². The van der Waals surface area contributed by atoms with E-state index >= 15 is 0 Å². The van der Waals surface area contributed by atoms with Gasteiger partial charge in [-0.2, -0.15) is 0 Å². The third-order valence-corrected chi connectivity index (χ3v) is 5.23. The number of hydrogen-bond acceptors (Lipinski definition) is 6. The van der Waals surface area contributed by atoms with Crippen LogP contribution in [0.15, 0.2) is 22.1 Å². The summed E-state index contributed by atoms with van der Waals surface area (Å²) in [5, 5.41) is 2.60. The van der Waals surface area contributed by atoms with Gasteiger partial charge in [0, 0.05) is 30.4 Å². The van der Waals surface area contributed by atoms with Crippen LogP contribution in [0.3, 0.4) is 0 Å². The average molecular weight is 431 g/mol. The van der Waals surface area contributed by atoms with Crippen molar-refractivity contribution in [2.24, 2.45) is 5.73 Å². The first-order valence-corrected chi connectivity index (χ1v) is 9.93. The number of rotatable bonds is 7. The third-order valence-electron chi connectivity index (χ3n) is 5.23. The Labute approximate surface area is 176 Å². The Bertz CT molecular complexity index is 1090. The van der Waals surface area contributed by atoms with E-state index in [0.29, 0.717) is 25.1 Å². The second-order valence-electron chi connectivity index (χ2n) is 7.75. The highest BCUT2D eigenvalue weighted by atomic mass is 16.2. The van der Waals surface area contributed by atoms with E-state index in [1.807, 2.05) is 0 Å². The van der Waals surface area contributed by atoms with Crippen molar-refractivity contribution in [2.45, 2.75) is 51.1 Å². The van der Waals surface area contributed by atoms with Crippen molar-refractivity contribution in [1.29, 1.82) is 0 Å². The van der Waals surface area contributed by atoms with E-state index in [0.717, 1.165) is 0 Å². The highest BCUT2D eigenvalue weighted by Gasteiger charge is 2.37. The van der Waals surface area contributed by atoms with E-state index in [9.17, 15) is 24.0 Å². The lowest BCUT2D eigenvalue weighted by molar-refractivity contribution is -0.138. The van der Waals surface area contributed by atoms with Gasteiger partial charge < -0.3 is 25.9 Å². The maximum Gasteiger partial charge on any atom is 0.326 e. The van der Waals surface area contributed by atoms with E-state index in [4.69, 9.17) is 5.73 Å². The molecule has 12 nitrogen and oxygen atoms in total. The van der Waals surface area contributed by atoms with Crippen LogP contribution in [-0.2, 0) is 16.0 Å². The summed E-state index contributed by atoms with van der Waals surface area (Å²) < 4.78 is 0. The molecule has 2 aromatic rings. The molecule has 0 aromatic carbocycles. The first-order valence-electron chi connectivity index (χ1n) is 9.93. The average Bonchev–Trinajstić information content (AvgIpc) is 3.37. The molecule has 166 valence electrons. The predicted molar refractivity (Wildman–Crippen MR) is 109 cm³/mol. The van der Waals surface area contributed by atoms with Crippen LogP contribution in [0.25, 0.3) is 0 Å². The molecule has 0 saturated carbocycles. The predicted octanol–water partition coefficient (Wildman–Crippen LogP) is -1.27. The molecule has 1 aliphatic rings. The quantitative estimate of drug-likeness (QED) is 0.363. The Morgan fingerprint density at radius 2 is 2.03 bits per heavy atom. The first kappa shape index (κ1) is 22.0. The second-order valence-corrected chi connectivity index (χ2v) is 7.75. The van der Waals surface area contributed by atoms with Crippen molar-refractivity contribution in [3.63, 3.8) is 0 Å². The molecule has 2 aromatic heterocycles. The van der Waals surface area contributed by atoms with Gasteiger partial charge in [0.1, 0.15) is 17.8 Å². The number of H-pyrrole nitrogens is 3. The summed E-state index contributed by atoms with van der Waals surface area (Å²) >= 11 is 0. The summed E-state index contributed by atoms with van der Waals surface area (Å²) in [6.07, 6.45) is 4.08. The van der Waals surface area contributed by atoms with Crippen LogP contribution in [0, 0.1) is 0 Å². The fourth-order valence-electron chi connectivity index (χ4n) is 3.80. The summed E-state index contributed by atoms with van der Waals surface area (Å²) in [6.45, 7) is 3.74. The summed E-state index contributed by atoms with van der Waals surface area (Å²) in [5.41, 5.74) is 4.39. The molecule has 0 radical (unpaired) electrons. The van der Waals surface area contributed by atoms with Gasteiger partial charge in [0.15, 0.2) is 0 Å². The number of aromatic amines is 3. The monoisotopic (exact) mass is 431 g/mol. The van der Waals surface area contributed by atoms with Crippen LogP contribution < -0.4 is 22.3 Å². The number of nitrogens with zero attached hydrogens (tertiary/aromatic N) is 2. The summed E-state index contributed by atoms with van der Waals surface area (Å²) in [6, 6.07) is -1.82. The highest BCUT2D eigenvalue weighted by Crippen LogP contribution is 2.19. The zero-order chi connectivity index (χ0) is 22.7. The molecule has 0 aliphatic carbocycles. The Hall–Kier alpha value is -3.70. The smallest absolute Gasteiger partial charge is 0.326 e. The lowest BCUT2D eigenvalue weighted by Gasteiger charge is -2.27. The molecule has 0 spiro atoms. The molecular weight excluding hydrogens is 406 g/mol. The van der Waals surface area contributed by atoms with Crippen LogP contribution in [-0.4, -0.2) is 61.2 Å².